The summed E-state index contributed by atoms with van der Waals surface area (Å²) in [4.78, 5) is 28.2. The number of nitrogens with one attached hydrogen (secondary N) is 1. The van der Waals surface area contributed by atoms with Gasteiger partial charge in [-0.05, 0) is 24.1 Å². The van der Waals surface area contributed by atoms with Crippen LogP contribution in [0.25, 0.3) is 10.9 Å². The van der Waals surface area contributed by atoms with E-state index in [0.717, 1.165) is 34.9 Å². The molecule has 2 amide bonds. The fourth-order valence-electron chi connectivity index (χ4n) is 4.45. The molecule has 1 aliphatic rings. The van der Waals surface area contributed by atoms with Crippen molar-refractivity contribution in [1.82, 2.24) is 14.8 Å². The minimum atomic E-state index is -0.448. The van der Waals surface area contributed by atoms with Crippen LogP contribution < -0.4 is 5.32 Å². The van der Waals surface area contributed by atoms with E-state index in [9.17, 15) is 9.59 Å². The summed E-state index contributed by atoms with van der Waals surface area (Å²) in [7, 11) is 3.80. The molecule has 5 heteroatoms. The van der Waals surface area contributed by atoms with Crippen LogP contribution in [-0.2, 0) is 11.8 Å². The van der Waals surface area contributed by atoms with Gasteiger partial charge in [-0.2, -0.15) is 0 Å². The van der Waals surface area contributed by atoms with Crippen molar-refractivity contribution in [3.63, 3.8) is 0 Å². The smallest absolute Gasteiger partial charge is 0.254 e. The van der Waals surface area contributed by atoms with Crippen LogP contribution in [0.15, 0.2) is 54.7 Å². The molecule has 1 aromatic heterocycles. The van der Waals surface area contributed by atoms with Crippen molar-refractivity contribution in [1.29, 1.82) is 0 Å². The molecule has 0 aliphatic carbocycles. The highest BCUT2D eigenvalue weighted by Crippen LogP contribution is 2.44. The number of likely N-dealkylation sites (N-methyl/N-ethyl adjacent to an activating group) is 1. The molecule has 2 aromatic carbocycles. The lowest BCUT2D eigenvalue weighted by Crippen LogP contribution is -2.45. The molecule has 2 atom stereocenters. The fourth-order valence-corrected chi connectivity index (χ4v) is 4.45. The predicted octanol–water partition coefficient (Wildman–Crippen LogP) is 4.01. The molecule has 29 heavy (non-hydrogen) atoms. The van der Waals surface area contributed by atoms with Crippen molar-refractivity contribution in [2.24, 2.45) is 7.05 Å². The van der Waals surface area contributed by atoms with E-state index in [1.165, 1.54) is 0 Å². The van der Waals surface area contributed by atoms with E-state index in [4.69, 9.17) is 0 Å². The first kappa shape index (κ1) is 19.2. The minimum Gasteiger partial charge on any atom is -0.355 e. The maximum Gasteiger partial charge on any atom is 0.254 e. The van der Waals surface area contributed by atoms with E-state index in [0.29, 0.717) is 12.1 Å². The van der Waals surface area contributed by atoms with E-state index in [1.54, 1.807) is 11.9 Å². The number of hydrogen-bond acceptors (Lipinski definition) is 2. The highest BCUT2D eigenvalue weighted by Gasteiger charge is 2.43. The topological polar surface area (TPSA) is 54.3 Å². The summed E-state index contributed by atoms with van der Waals surface area (Å²) in [6.07, 6.45) is 4.01. The molecule has 150 valence electrons. The van der Waals surface area contributed by atoms with Crippen molar-refractivity contribution in [2.45, 2.75) is 31.7 Å². The summed E-state index contributed by atoms with van der Waals surface area (Å²) in [5.41, 5.74) is 3.51. The normalized spacial score (nSPS) is 18.7. The Morgan fingerprint density at radius 3 is 2.55 bits per heavy atom. The second-order valence-corrected chi connectivity index (χ2v) is 7.78. The summed E-state index contributed by atoms with van der Waals surface area (Å²) in [5.74, 6) is -0.518. The van der Waals surface area contributed by atoms with Gasteiger partial charge in [0.15, 0.2) is 0 Å². The number of hydrogen-bond donors (Lipinski definition) is 1. The number of benzene rings is 2. The predicted molar refractivity (Wildman–Crippen MR) is 115 cm³/mol. The first-order valence-corrected chi connectivity index (χ1v) is 10.2. The highest BCUT2D eigenvalue weighted by molar-refractivity contribution is 6.02. The van der Waals surface area contributed by atoms with E-state index in [2.05, 4.69) is 35.1 Å². The van der Waals surface area contributed by atoms with Gasteiger partial charge in [-0.1, -0.05) is 49.7 Å². The largest absolute Gasteiger partial charge is 0.355 e. The zero-order valence-electron chi connectivity index (χ0n) is 17.2. The van der Waals surface area contributed by atoms with Crippen LogP contribution in [0.1, 0.15) is 53.2 Å². The van der Waals surface area contributed by atoms with Gasteiger partial charge < -0.3 is 14.8 Å². The molecule has 0 bridgehead atoms. The summed E-state index contributed by atoms with van der Waals surface area (Å²) in [6, 6.07) is 15.3. The van der Waals surface area contributed by atoms with Crippen molar-refractivity contribution in [2.75, 3.05) is 13.6 Å². The van der Waals surface area contributed by atoms with Crippen LogP contribution in [0.3, 0.4) is 0 Å². The van der Waals surface area contributed by atoms with Crippen molar-refractivity contribution < 1.29 is 9.59 Å². The number of amides is 2. The lowest BCUT2D eigenvalue weighted by molar-refractivity contribution is -0.124. The van der Waals surface area contributed by atoms with Gasteiger partial charge in [-0.3, -0.25) is 9.59 Å². The van der Waals surface area contributed by atoms with Gasteiger partial charge in [0.05, 0.1) is 12.0 Å². The first-order valence-electron chi connectivity index (χ1n) is 10.2. The van der Waals surface area contributed by atoms with Gasteiger partial charge in [-0.25, -0.2) is 0 Å². The Labute approximate surface area is 171 Å². The quantitative estimate of drug-likeness (QED) is 0.671. The number of fused-ring (bicyclic) bond motifs is 2. The molecule has 0 fully saturated rings. The molecule has 0 radical (unpaired) electrons. The van der Waals surface area contributed by atoms with E-state index >= 15 is 0 Å². The summed E-state index contributed by atoms with van der Waals surface area (Å²) in [6.45, 7) is 2.75. The zero-order valence-corrected chi connectivity index (χ0v) is 17.2. The standard InChI is InChI=1S/C24H27N3O2/c1-4-5-14-25-23(28)21-17-11-6-7-12-18(17)24(29)27(3)22(21)19-15-26(2)20-13-9-8-10-16(19)20/h6-13,15,21-22H,4-5,14H2,1-3H3,(H,25,28). The Kier molecular flexibility index (Phi) is 5.14. The Balaban J connectivity index is 1.87. The fraction of sp³-hybridized carbons (Fsp3) is 0.333. The van der Waals surface area contributed by atoms with Crippen molar-refractivity contribution in [3.05, 3.63) is 71.4 Å². The van der Waals surface area contributed by atoms with Crippen LogP contribution in [-0.4, -0.2) is 34.9 Å². The van der Waals surface area contributed by atoms with Crippen LogP contribution in [0.2, 0.25) is 0 Å². The van der Waals surface area contributed by atoms with Gasteiger partial charge in [0.25, 0.3) is 5.91 Å². The SMILES string of the molecule is CCCCNC(=O)C1c2ccccc2C(=O)N(C)C1c1cn(C)c2ccccc12. The Hall–Kier alpha value is -3.08. The summed E-state index contributed by atoms with van der Waals surface area (Å²) in [5, 5.41) is 4.17. The third-order valence-corrected chi connectivity index (χ3v) is 5.94. The number of carbonyl (C=O) groups excluding carboxylic acids is 2. The van der Waals surface area contributed by atoms with Gasteiger partial charge in [0, 0.05) is 48.9 Å². The van der Waals surface area contributed by atoms with Gasteiger partial charge in [0.1, 0.15) is 0 Å². The average Bonchev–Trinajstić information content (AvgIpc) is 3.07. The van der Waals surface area contributed by atoms with E-state index in [1.807, 2.05) is 43.4 Å². The molecule has 0 saturated carbocycles. The van der Waals surface area contributed by atoms with Crippen LogP contribution >= 0.6 is 0 Å². The van der Waals surface area contributed by atoms with Crippen LogP contribution in [0.5, 0.6) is 0 Å². The van der Waals surface area contributed by atoms with Gasteiger partial charge >= 0.3 is 0 Å². The van der Waals surface area contributed by atoms with Gasteiger partial charge in [-0.15, -0.1) is 0 Å². The monoisotopic (exact) mass is 389 g/mol. The maximum absolute atomic E-state index is 13.4. The second-order valence-electron chi connectivity index (χ2n) is 7.78. The highest BCUT2D eigenvalue weighted by atomic mass is 16.2. The molecule has 2 heterocycles. The Morgan fingerprint density at radius 1 is 1.03 bits per heavy atom. The maximum atomic E-state index is 13.4. The first-order chi connectivity index (χ1) is 14.0. The van der Waals surface area contributed by atoms with Crippen molar-refractivity contribution in [3.8, 4) is 0 Å². The van der Waals surface area contributed by atoms with E-state index < -0.39 is 5.92 Å². The molecular weight excluding hydrogens is 362 g/mol. The molecule has 2 unspecified atom stereocenters. The van der Waals surface area contributed by atoms with Crippen molar-refractivity contribution >= 4 is 22.7 Å². The molecule has 3 aromatic rings. The molecule has 1 N–H and O–H groups in total. The third kappa shape index (κ3) is 3.20. The molecule has 0 saturated heterocycles. The number of rotatable bonds is 5. The molecule has 5 nitrogen and oxygen atoms in total. The molecule has 4 rings (SSSR count). The van der Waals surface area contributed by atoms with Gasteiger partial charge in [0.2, 0.25) is 5.91 Å². The molecular formula is C24H27N3O2. The number of unbranched alkanes of at least 4 members (excludes halogenated alkanes) is 1. The number of aryl methyl sites for hydroxylation is 1. The Bertz CT molecular complexity index is 1070. The number of aromatic nitrogens is 1. The molecule has 1 aliphatic heterocycles. The number of carbonyl (C=O) groups is 2. The Morgan fingerprint density at radius 2 is 1.76 bits per heavy atom. The lowest BCUT2D eigenvalue weighted by Gasteiger charge is -2.39. The third-order valence-electron chi connectivity index (χ3n) is 5.94. The molecule has 0 spiro atoms. The number of nitrogens with zero attached hydrogens (tertiary/aromatic N) is 2. The average molecular weight is 389 g/mol. The second kappa shape index (κ2) is 7.74. The van der Waals surface area contributed by atoms with E-state index in [-0.39, 0.29) is 17.9 Å². The summed E-state index contributed by atoms with van der Waals surface area (Å²) < 4.78 is 2.07. The van der Waals surface area contributed by atoms with Crippen LogP contribution in [0, 0.1) is 0 Å². The van der Waals surface area contributed by atoms with Crippen LogP contribution in [0.4, 0.5) is 0 Å². The minimum absolute atomic E-state index is 0.0248. The zero-order chi connectivity index (χ0) is 20.5. The lowest BCUT2D eigenvalue weighted by atomic mass is 9.79. The summed E-state index contributed by atoms with van der Waals surface area (Å²) >= 11 is 0. The number of para-hydroxylation sites is 1.